The molecule has 1 aromatic heterocycles. The Bertz CT molecular complexity index is 894. The van der Waals surface area contributed by atoms with Crippen LogP contribution in [0.5, 0.6) is 0 Å². The topological polar surface area (TPSA) is 56.1 Å². The van der Waals surface area contributed by atoms with E-state index in [9.17, 15) is 31.6 Å². The zero-order valence-electron chi connectivity index (χ0n) is 14.2. The number of piperazine rings is 1. The van der Waals surface area contributed by atoms with E-state index in [1.807, 2.05) is 0 Å². The standard InChI is InChI=1S/C17H13F6N5/c18-16(19,20)12-1-2-13(11(9-12)10-24)27-5-7-28(8-6-27)15-25-4-3-14(26-15)17(21,22)23/h1-4,9H,5-8H2. The Hall–Kier alpha value is -3.03. The fraction of sp³-hybridized carbons (Fsp3) is 0.353. The first-order valence-electron chi connectivity index (χ1n) is 8.11. The number of nitrogens with zero attached hydrogens (tertiary/aromatic N) is 5. The number of hydrogen-bond acceptors (Lipinski definition) is 5. The van der Waals surface area contributed by atoms with Crippen LogP contribution in [0.4, 0.5) is 38.0 Å². The third-order valence-corrected chi connectivity index (χ3v) is 4.28. The average molecular weight is 401 g/mol. The Morgan fingerprint density at radius 2 is 1.54 bits per heavy atom. The molecule has 3 rings (SSSR count). The summed E-state index contributed by atoms with van der Waals surface area (Å²) in [5.41, 5.74) is -1.73. The highest BCUT2D eigenvalue weighted by atomic mass is 19.4. The summed E-state index contributed by atoms with van der Waals surface area (Å²) in [5.74, 6) is -0.0672. The summed E-state index contributed by atoms with van der Waals surface area (Å²) < 4.78 is 76.8. The van der Waals surface area contributed by atoms with E-state index >= 15 is 0 Å². The minimum absolute atomic E-state index is 0.0672. The van der Waals surface area contributed by atoms with Gasteiger partial charge in [0.25, 0.3) is 0 Å². The molecule has 11 heteroatoms. The first-order valence-corrected chi connectivity index (χ1v) is 8.11. The third kappa shape index (κ3) is 4.11. The van der Waals surface area contributed by atoms with Crippen LogP contribution < -0.4 is 9.80 Å². The second kappa shape index (κ2) is 7.18. The lowest BCUT2D eigenvalue weighted by molar-refractivity contribution is -0.141. The number of rotatable bonds is 2. The Balaban J connectivity index is 1.75. The fourth-order valence-electron chi connectivity index (χ4n) is 2.88. The van der Waals surface area contributed by atoms with E-state index in [2.05, 4.69) is 9.97 Å². The van der Waals surface area contributed by atoms with Crippen LogP contribution in [0.15, 0.2) is 30.5 Å². The van der Waals surface area contributed by atoms with E-state index in [1.54, 1.807) is 15.9 Å². The summed E-state index contributed by atoms with van der Waals surface area (Å²) in [6.45, 7) is 1.10. The number of hydrogen-bond donors (Lipinski definition) is 0. The van der Waals surface area contributed by atoms with Crippen molar-refractivity contribution in [2.24, 2.45) is 0 Å². The molecule has 2 aromatic rings. The van der Waals surface area contributed by atoms with Crippen molar-refractivity contribution in [3.8, 4) is 6.07 Å². The number of aromatic nitrogens is 2. The quantitative estimate of drug-likeness (QED) is 0.719. The first-order chi connectivity index (χ1) is 13.1. The number of anilines is 2. The van der Waals surface area contributed by atoms with Crippen molar-refractivity contribution in [2.75, 3.05) is 36.0 Å². The smallest absolute Gasteiger partial charge is 0.367 e. The molecule has 0 N–H and O–H groups in total. The van der Waals surface area contributed by atoms with Crippen LogP contribution in [0.25, 0.3) is 0 Å². The Labute approximate surface area is 155 Å². The number of benzene rings is 1. The minimum Gasteiger partial charge on any atom is -0.367 e. The van der Waals surface area contributed by atoms with Crippen molar-refractivity contribution in [3.63, 3.8) is 0 Å². The molecular weight excluding hydrogens is 388 g/mol. The predicted octanol–water partition coefficient (Wildman–Crippen LogP) is 3.71. The Kier molecular flexibility index (Phi) is 5.06. The summed E-state index contributed by atoms with van der Waals surface area (Å²) in [6.07, 6.45) is -8.10. The van der Waals surface area contributed by atoms with E-state index < -0.39 is 23.6 Å². The number of alkyl halides is 6. The van der Waals surface area contributed by atoms with Crippen molar-refractivity contribution < 1.29 is 26.3 Å². The van der Waals surface area contributed by atoms with Gasteiger partial charge in [-0.3, -0.25) is 0 Å². The van der Waals surface area contributed by atoms with Crippen LogP contribution in [0, 0.1) is 11.3 Å². The van der Waals surface area contributed by atoms with E-state index in [0.717, 1.165) is 24.4 Å². The number of halogens is 6. The maximum absolute atomic E-state index is 12.8. The monoisotopic (exact) mass is 401 g/mol. The molecule has 0 bridgehead atoms. The Morgan fingerprint density at radius 1 is 0.893 bits per heavy atom. The van der Waals surface area contributed by atoms with Gasteiger partial charge in [0.15, 0.2) is 0 Å². The molecule has 148 valence electrons. The average Bonchev–Trinajstić information content (AvgIpc) is 2.66. The lowest BCUT2D eigenvalue weighted by atomic mass is 10.1. The minimum atomic E-state index is -4.58. The van der Waals surface area contributed by atoms with Crippen LogP contribution >= 0.6 is 0 Å². The van der Waals surface area contributed by atoms with Crippen LogP contribution in [-0.4, -0.2) is 36.1 Å². The predicted molar refractivity (Wildman–Crippen MR) is 87.6 cm³/mol. The summed E-state index contributed by atoms with van der Waals surface area (Å²) in [4.78, 5) is 10.7. The normalized spacial score (nSPS) is 15.5. The molecule has 28 heavy (non-hydrogen) atoms. The van der Waals surface area contributed by atoms with Crippen molar-refractivity contribution in [3.05, 3.63) is 47.3 Å². The van der Waals surface area contributed by atoms with Crippen molar-refractivity contribution >= 4 is 11.6 Å². The molecule has 1 fully saturated rings. The maximum Gasteiger partial charge on any atom is 0.433 e. The van der Waals surface area contributed by atoms with Crippen LogP contribution in [-0.2, 0) is 12.4 Å². The number of nitriles is 1. The van der Waals surface area contributed by atoms with Gasteiger partial charge in [-0.1, -0.05) is 0 Å². The summed E-state index contributed by atoms with van der Waals surface area (Å²) in [5, 5.41) is 9.20. The van der Waals surface area contributed by atoms with Gasteiger partial charge in [-0.15, -0.1) is 0 Å². The second-order valence-electron chi connectivity index (χ2n) is 6.06. The van der Waals surface area contributed by atoms with Crippen LogP contribution in [0.1, 0.15) is 16.8 Å². The Morgan fingerprint density at radius 3 is 2.11 bits per heavy atom. The first kappa shape index (κ1) is 19.7. The molecule has 1 aromatic carbocycles. The van der Waals surface area contributed by atoms with Crippen molar-refractivity contribution in [1.82, 2.24) is 9.97 Å². The van der Waals surface area contributed by atoms with Crippen LogP contribution in [0.2, 0.25) is 0 Å². The van der Waals surface area contributed by atoms with E-state index in [1.165, 1.54) is 6.07 Å². The highest BCUT2D eigenvalue weighted by Gasteiger charge is 2.34. The van der Waals surface area contributed by atoms with Crippen molar-refractivity contribution in [1.29, 1.82) is 5.26 Å². The molecule has 1 aliphatic rings. The van der Waals surface area contributed by atoms with Gasteiger partial charge in [-0.25, -0.2) is 9.97 Å². The lowest BCUT2D eigenvalue weighted by Gasteiger charge is -2.36. The molecule has 2 heterocycles. The van der Waals surface area contributed by atoms with E-state index in [4.69, 9.17) is 0 Å². The second-order valence-corrected chi connectivity index (χ2v) is 6.06. The molecule has 0 amide bonds. The molecule has 0 saturated carbocycles. The van der Waals surface area contributed by atoms with Gasteiger partial charge in [-0.05, 0) is 24.3 Å². The maximum atomic E-state index is 12.8. The fourth-order valence-corrected chi connectivity index (χ4v) is 2.88. The molecule has 0 spiro atoms. The SMILES string of the molecule is N#Cc1cc(C(F)(F)F)ccc1N1CCN(c2nccc(C(F)(F)F)n2)CC1. The van der Waals surface area contributed by atoms with Gasteiger partial charge in [0.1, 0.15) is 11.8 Å². The zero-order valence-corrected chi connectivity index (χ0v) is 14.2. The van der Waals surface area contributed by atoms with Gasteiger partial charge in [0.05, 0.1) is 16.8 Å². The molecule has 0 radical (unpaired) electrons. The largest absolute Gasteiger partial charge is 0.433 e. The third-order valence-electron chi connectivity index (χ3n) is 4.28. The lowest BCUT2D eigenvalue weighted by Crippen LogP contribution is -2.47. The molecule has 0 atom stereocenters. The van der Waals surface area contributed by atoms with Gasteiger partial charge in [-0.2, -0.15) is 31.6 Å². The van der Waals surface area contributed by atoms with Crippen LogP contribution in [0.3, 0.4) is 0 Å². The van der Waals surface area contributed by atoms with Gasteiger partial charge < -0.3 is 9.80 Å². The highest BCUT2D eigenvalue weighted by Crippen LogP contribution is 2.33. The summed E-state index contributed by atoms with van der Waals surface area (Å²) in [7, 11) is 0. The zero-order chi connectivity index (χ0) is 20.5. The highest BCUT2D eigenvalue weighted by molar-refractivity contribution is 5.61. The molecule has 0 unspecified atom stereocenters. The molecule has 1 aliphatic heterocycles. The van der Waals surface area contributed by atoms with Gasteiger partial charge in [0, 0.05) is 32.4 Å². The van der Waals surface area contributed by atoms with E-state index in [0.29, 0.717) is 18.8 Å². The molecule has 5 nitrogen and oxygen atoms in total. The molecule has 1 saturated heterocycles. The summed E-state index contributed by atoms with van der Waals surface area (Å²) >= 11 is 0. The van der Waals surface area contributed by atoms with E-state index in [-0.39, 0.29) is 24.6 Å². The van der Waals surface area contributed by atoms with Gasteiger partial charge >= 0.3 is 12.4 Å². The molecule has 0 aliphatic carbocycles. The van der Waals surface area contributed by atoms with Gasteiger partial charge in [0.2, 0.25) is 5.95 Å². The molecular formula is C17H13F6N5. The summed E-state index contributed by atoms with van der Waals surface area (Å²) in [6, 6.07) is 5.47. The van der Waals surface area contributed by atoms with Crippen molar-refractivity contribution in [2.45, 2.75) is 12.4 Å².